The Morgan fingerprint density at radius 1 is 0.909 bits per heavy atom. The number of ether oxygens (including phenoxy) is 1. The summed E-state index contributed by atoms with van der Waals surface area (Å²) in [7, 11) is 1.70. The van der Waals surface area contributed by atoms with Crippen LogP contribution in [0.4, 0.5) is 5.69 Å². The molecule has 2 aliphatic heterocycles. The van der Waals surface area contributed by atoms with E-state index in [0.717, 1.165) is 67.4 Å². The zero-order chi connectivity index (χ0) is 22.8. The molecule has 0 spiro atoms. The minimum absolute atomic E-state index is 0.0682. The van der Waals surface area contributed by atoms with Crippen molar-refractivity contribution in [2.45, 2.75) is 39.2 Å². The van der Waals surface area contributed by atoms with Gasteiger partial charge in [-0.1, -0.05) is 48.4 Å². The summed E-state index contributed by atoms with van der Waals surface area (Å²) in [5, 5.41) is 0. The van der Waals surface area contributed by atoms with Crippen molar-refractivity contribution in [3.8, 4) is 17.1 Å². The highest BCUT2D eigenvalue weighted by molar-refractivity contribution is 5.94. The highest BCUT2D eigenvalue weighted by atomic mass is 16.5. The Hall–Kier alpha value is -3.28. The number of imidazole rings is 1. The van der Waals surface area contributed by atoms with Gasteiger partial charge in [-0.2, -0.15) is 0 Å². The fourth-order valence-electron chi connectivity index (χ4n) is 5.01. The van der Waals surface area contributed by atoms with Gasteiger partial charge in [-0.05, 0) is 38.3 Å². The van der Waals surface area contributed by atoms with E-state index in [0.29, 0.717) is 18.8 Å². The molecule has 33 heavy (non-hydrogen) atoms. The highest BCUT2D eigenvalue weighted by Crippen LogP contribution is 2.30. The van der Waals surface area contributed by atoms with Crippen molar-refractivity contribution >= 4 is 11.6 Å². The van der Waals surface area contributed by atoms with Gasteiger partial charge < -0.3 is 19.1 Å². The molecule has 1 amide bonds. The monoisotopic (exact) mass is 444 g/mol. The van der Waals surface area contributed by atoms with Gasteiger partial charge in [-0.3, -0.25) is 4.79 Å². The summed E-state index contributed by atoms with van der Waals surface area (Å²) in [4.78, 5) is 22.9. The zero-order valence-corrected chi connectivity index (χ0v) is 19.6. The Bertz CT molecular complexity index is 1130. The van der Waals surface area contributed by atoms with Crippen LogP contribution in [0.25, 0.3) is 11.4 Å². The van der Waals surface area contributed by atoms with E-state index in [9.17, 15) is 4.79 Å². The van der Waals surface area contributed by atoms with Gasteiger partial charge in [0, 0.05) is 38.3 Å². The number of methoxy groups -OCH3 is 1. The third-order valence-corrected chi connectivity index (χ3v) is 6.87. The minimum Gasteiger partial charge on any atom is -0.495 e. The van der Waals surface area contributed by atoms with E-state index < -0.39 is 0 Å². The Labute approximate surface area is 195 Å². The van der Waals surface area contributed by atoms with Crippen LogP contribution < -0.4 is 9.64 Å². The van der Waals surface area contributed by atoms with Crippen LogP contribution in [0.5, 0.6) is 5.75 Å². The molecule has 1 aromatic heterocycles. The number of piperazine rings is 1. The van der Waals surface area contributed by atoms with Crippen LogP contribution in [0, 0.1) is 6.92 Å². The predicted octanol–water partition coefficient (Wildman–Crippen LogP) is 4.56. The van der Waals surface area contributed by atoms with Crippen LogP contribution >= 0.6 is 0 Å². The molecule has 0 atom stereocenters. The Kier molecular flexibility index (Phi) is 6.07. The van der Waals surface area contributed by atoms with Gasteiger partial charge in [0.25, 0.3) is 5.91 Å². The lowest BCUT2D eigenvalue weighted by molar-refractivity contribution is 0.0740. The maximum absolute atomic E-state index is 13.7. The van der Waals surface area contributed by atoms with Gasteiger partial charge >= 0.3 is 0 Å². The van der Waals surface area contributed by atoms with Gasteiger partial charge in [0.05, 0.1) is 18.5 Å². The first-order valence-electron chi connectivity index (χ1n) is 12.0. The molecule has 1 fully saturated rings. The van der Waals surface area contributed by atoms with E-state index >= 15 is 0 Å². The van der Waals surface area contributed by atoms with E-state index in [2.05, 4.69) is 46.7 Å². The fourth-order valence-corrected chi connectivity index (χ4v) is 5.01. The van der Waals surface area contributed by atoms with Crippen LogP contribution in [0.2, 0.25) is 0 Å². The van der Waals surface area contributed by atoms with Crippen LogP contribution in [0.15, 0.2) is 48.5 Å². The second-order valence-electron chi connectivity index (χ2n) is 9.01. The molecule has 6 heteroatoms. The number of para-hydroxylation sites is 2. The van der Waals surface area contributed by atoms with Crippen molar-refractivity contribution in [1.82, 2.24) is 14.5 Å². The average molecular weight is 445 g/mol. The molecule has 0 aliphatic carbocycles. The largest absolute Gasteiger partial charge is 0.495 e. The van der Waals surface area contributed by atoms with Crippen molar-refractivity contribution in [2.24, 2.45) is 0 Å². The summed E-state index contributed by atoms with van der Waals surface area (Å²) in [6.45, 7) is 5.96. The van der Waals surface area contributed by atoms with Crippen molar-refractivity contribution in [3.63, 3.8) is 0 Å². The minimum atomic E-state index is 0.0682. The molecule has 6 nitrogen and oxygen atoms in total. The molecule has 1 saturated heterocycles. The fraction of sp³-hybridized carbons (Fsp3) is 0.407. The lowest BCUT2D eigenvalue weighted by Crippen LogP contribution is -2.49. The zero-order valence-electron chi connectivity index (χ0n) is 19.6. The molecule has 5 rings (SSSR count). The second kappa shape index (κ2) is 9.30. The first-order valence-corrected chi connectivity index (χ1v) is 12.0. The lowest BCUT2D eigenvalue weighted by Gasteiger charge is -2.36. The molecular weight excluding hydrogens is 412 g/mol. The molecular formula is C27H32N4O2. The number of nitrogens with zero attached hydrogens (tertiary/aromatic N) is 4. The first kappa shape index (κ1) is 21.6. The average Bonchev–Trinajstić information content (AvgIpc) is 3.04. The SMILES string of the molecule is COc1ccccc1N1CCN(C(=O)c2nc(-c3ccc(C)cc3)n3c2CCCCC3)CC1. The number of hydrogen-bond acceptors (Lipinski definition) is 4. The van der Waals surface area contributed by atoms with E-state index in [-0.39, 0.29) is 5.91 Å². The Balaban J connectivity index is 1.39. The van der Waals surface area contributed by atoms with Gasteiger partial charge in [0.15, 0.2) is 0 Å². The molecule has 0 bridgehead atoms. The molecule has 172 valence electrons. The number of carbonyl (C=O) groups is 1. The summed E-state index contributed by atoms with van der Waals surface area (Å²) in [6.07, 6.45) is 4.36. The van der Waals surface area contributed by atoms with Crippen LogP contribution in [0.3, 0.4) is 0 Å². The number of hydrogen-bond donors (Lipinski definition) is 0. The summed E-state index contributed by atoms with van der Waals surface area (Å²) in [5.41, 5.74) is 5.16. The normalized spacial score (nSPS) is 16.3. The molecule has 0 unspecified atom stereocenters. The maximum Gasteiger partial charge on any atom is 0.274 e. The Morgan fingerprint density at radius 2 is 1.67 bits per heavy atom. The summed E-state index contributed by atoms with van der Waals surface area (Å²) >= 11 is 0. The molecule has 0 N–H and O–H groups in total. The highest BCUT2D eigenvalue weighted by Gasteiger charge is 2.30. The van der Waals surface area contributed by atoms with E-state index in [4.69, 9.17) is 9.72 Å². The molecule has 0 radical (unpaired) electrons. The van der Waals surface area contributed by atoms with E-state index in [1.807, 2.05) is 23.1 Å². The lowest BCUT2D eigenvalue weighted by atomic mass is 10.1. The van der Waals surface area contributed by atoms with Gasteiger partial charge in [-0.15, -0.1) is 0 Å². The summed E-state index contributed by atoms with van der Waals surface area (Å²) in [5.74, 6) is 1.88. The van der Waals surface area contributed by atoms with Crippen LogP contribution in [-0.4, -0.2) is 53.6 Å². The number of aryl methyl sites for hydroxylation is 1. The van der Waals surface area contributed by atoms with Gasteiger partial charge in [0.1, 0.15) is 17.3 Å². The number of carbonyl (C=O) groups excluding carboxylic acids is 1. The van der Waals surface area contributed by atoms with Gasteiger partial charge in [0.2, 0.25) is 0 Å². The molecule has 3 aromatic rings. The second-order valence-corrected chi connectivity index (χ2v) is 9.01. The van der Waals surface area contributed by atoms with Crippen LogP contribution in [-0.2, 0) is 13.0 Å². The maximum atomic E-state index is 13.7. The molecule has 2 aliphatic rings. The molecule has 2 aromatic carbocycles. The van der Waals surface area contributed by atoms with Crippen molar-refractivity contribution < 1.29 is 9.53 Å². The number of anilines is 1. The topological polar surface area (TPSA) is 50.6 Å². The van der Waals surface area contributed by atoms with E-state index in [1.54, 1.807) is 7.11 Å². The van der Waals surface area contributed by atoms with Crippen molar-refractivity contribution in [3.05, 3.63) is 65.5 Å². The summed E-state index contributed by atoms with van der Waals surface area (Å²) < 4.78 is 7.83. The predicted molar refractivity (Wildman–Crippen MR) is 131 cm³/mol. The summed E-state index contributed by atoms with van der Waals surface area (Å²) in [6, 6.07) is 16.6. The number of rotatable bonds is 4. The number of amides is 1. The number of benzene rings is 2. The third kappa shape index (κ3) is 4.22. The molecule has 0 saturated carbocycles. The quantitative estimate of drug-likeness (QED) is 0.592. The molecule has 3 heterocycles. The third-order valence-electron chi connectivity index (χ3n) is 6.87. The van der Waals surface area contributed by atoms with E-state index in [1.165, 1.54) is 12.0 Å². The Morgan fingerprint density at radius 3 is 2.42 bits per heavy atom. The number of fused-ring (bicyclic) bond motifs is 1. The van der Waals surface area contributed by atoms with Crippen molar-refractivity contribution in [2.75, 3.05) is 38.2 Å². The smallest absolute Gasteiger partial charge is 0.274 e. The number of aromatic nitrogens is 2. The van der Waals surface area contributed by atoms with Gasteiger partial charge in [-0.25, -0.2) is 4.98 Å². The standard InChI is InChI=1S/C27H32N4O2/c1-20-11-13-21(14-12-20)26-28-25(23-9-4-3-7-15-31(23)26)27(32)30-18-16-29(17-19-30)22-8-5-6-10-24(22)33-2/h5-6,8,10-14H,3-4,7,9,15-19H2,1-2H3. The van der Waals surface area contributed by atoms with Crippen LogP contribution in [0.1, 0.15) is 41.0 Å². The van der Waals surface area contributed by atoms with Crippen molar-refractivity contribution in [1.29, 1.82) is 0 Å². The first-order chi connectivity index (χ1) is 16.2.